The van der Waals surface area contributed by atoms with E-state index in [1.807, 2.05) is 0 Å². The molecule has 2 N–H and O–H groups in total. The maximum atomic E-state index is 12.2. The number of nitro groups is 1. The van der Waals surface area contributed by atoms with E-state index in [0.717, 1.165) is 32.6 Å². The summed E-state index contributed by atoms with van der Waals surface area (Å²) in [6.45, 7) is 4.14. The maximum absolute atomic E-state index is 12.2. The number of anilines is 1. The van der Waals surface area contributed by atoms with Gasteiger partial charge >= 0.3 is 6.03 Å². The van der Waals surface area contributed by atoms with Gasteiger partial charge in [0.05, 0.1) is 4.92 Å². The molecular weight excluding hydrogens is 322 g/mol. The monoisotopic (exact) mass is 347 g/mol. The van der Waals surface area contributed by atoms with E-state index < -0.39 is 4.92 Å². The Labute approximate surface area is 147 Å². The van der Waals surface area contributed by atoms with Crippen LogP contribution in [-0.4, -0.2) is 66.1 Å². The van der Waals surface area contributed by atoms with Crippen LogP contribution >= 0.6 is 0 Å². The van der Waals surface area contributed by atoms with Crippen molar-refractivity contribution in [1.29, 1.82) is 0 Å². The standard InChI is InChI=1S/C17H25N5O3/c1-20-8-6-15(7-9-20)21-10-5-14(12-21)19-17(23)18-13-3-2-4-16(11-13)22(24)25/h2-4,11,14-15H,5-10,12H2,1H3,(H2,18,19,23). The molecule has 2 heterocycles. The molecule has 1 aromatic rings. The van der Waals surface area contributed by atoms with Gasteiger partial charge in [-0.1, -0.05) is 6.07 Å². The van der Waals surface area contributed by atoms with Crippen LogP contribution in [0.3, 0.4) is 0 Å². The van der Waals surface area contributed by atoms with Gasteiger partial charge in [0, 0.05) is 43.0 Å². The molecule has 3 rings (SSSR count). The van der Waals surface area contributed by atoms with E-state index in [0.29, 0.717) is 11.7 Å². The maximum Gasteiger partial charge on any atom is 0.319 e. The van der Waals surface area contributed by atoms with Gasteiger partial charge in [0.15, 0.2) is 0 Å². The van der Waals surface area contributed by atoms with Crippen LogP contribution in [0.5, 0.6) is 0 Å². The summed E-state index contributed by atoms with van der Waals surface area (Å²) in [5, 5.41) is 16.5. The molecule has 0 saturated carbocycles. The van der Waals surface area contributed by atoms with Crippen LogP contribution in [0.15, 0.2) is 24.3 Å². The highest BCUT2D eigenvalue weighted by molar-refractivity contribution is 5.89. The highest BCUT2D eigenvalue weighted by Crippen LogP contribution is 2.21. The molecule has 0 aromatic heterocycles. The fraction of sp³-hybridized carbons (Fsp3) is 0.588. The number of non-ortho nitro benzene ring substituents is 1. The Morgan fingerprint density at radius 2 is 2.00 bits per heavy atom. The average Bonchev–Trinajstić information content (AvgIpc) is 3.04. The van der Waals surface area contributed by atoms with E-state index in [1.165, 1.54) is 25.0 Å². The number of rotatable bonds is 4. The SMILES string of the molecule is CN1CCC(N2CCC(NC(=O)Nc3cccc([N+](=O)[O-])c3)C2)CC1. The number of carbonyl (C=O) groups excluding carboxylic acids is 1. The van der Waals surface area contributed by atoms with Gasteiger partial charge in [-0.2, -0.15) is 0 Å². The third-order valence-corrected chi connectivity index (χ3v) is 5.07. The number of nitrogens with one attached hydrogen (secondary N) is 2. The molecule has 1 aromatic carbocycles. The number of likely N-dealkylation sites (tertiary alicyclic amines) is 2. The van der Waals surface area contributed by atoms with Crippen LogP contribution in [0, 0.1) is 10.1 Å². The first-order valence-electron chi connectivity index (χ1n) is 8.76. The minimum absolute atomic E-state index is 0.0351. The van der Waals surface area contributed by atoms with E-state index in [1.54, 1.807) is 12.1 Å². The van der Waals surface area contributed by atoms with Gasteiger partial charge in [-0.05, 0) is 45.5 Å². The second kappa shape index (κ2) is 7.79. The summed E-state index contributed by atoms with van der Waals surface area (Å²) >= 11 is 0. The number of carbonyl (C=O) groups is 1. The zero-order valence-electron chi connectivity index (χ0n) is 14.5. The third kappa shape index (κ3) is 4.67. The summed E-state index contributed by atoms with van der Waals surface area (Å²) in [4.78, 5) is 27.3. The van der Waals surface area contributed by atoms with Crippen LogP contribution < -0.4 is 10.6 Å². The first-order chi connectivity index (χ1) is 12.0. The van der Waals surface area contributed by atoms with Crippen molar-refractivity contribution in [3.63, 3.8) is 0 Å². The van der Waals surface area contributed by atoms with Crippen LogP contribution in [0.4, 0.5) is 16.2 Å². The zero-order chi connectivity index (χ0) is 17.8. The molecule has 1 atom stereocenters. The van der Waals surface area contributed by atoms with E-state index in [4.69, 9.17) is 0 Å². The summed E-state index contributed by atoms with van der Waals surface area (Å²) in [5.41, 5.74) is 0.393. The van der Waals surface area contributed by atoms with Crippen molar-refractivity contribution in [2.75, 3.05) is 38.5 Å². The molecule has 0 radical (unpaired) electrons. The second-order valence-electron chi connectivity index (χ2n) is 6.92. The van der Waals surface area contributed by atoms with Crippen molar-refractivity contribution in [1.82, 2.24) is 15.1 Å². The van der Waals surface area contributed by atoms with Crippen LogP contribution in [0.25, 0.3) is 0 Å². The van der Waals surface area contributed by atoms with Crippen molar-refractivity contribution in [3.05, 3.63) is 34.4 Å². The molecule has 2 aliphatic heterocycles. The Morgan fingerprint density at radius 3 is 2.72 bits per heavy atom. The summed E-state index contributed by atoms with van der Waals surface area (Å²) < 4.78 is 0. The summed E-state index contributed by atoms with van der Waals surface area (Å²) in [7, 11) is 2.16. The van der Waals surface area contributed by atoms with Crippen molar-refractivity contribution in [2.45, 2.75) is 31.3 Å². The van der Waals surface area contributed by atoms with Gasteiger partial charge in [0.25, 0.3) is 5.69 Å². The van der Waals surface area contributed by atoms with Gasteiger partial charge in [0.1, 0.15) is 0 Å². The Bertz CT molecular complexity index is 630. The van der Waals surface area contributed by atoms with Crippen molar-refractivity contribution >= 4 is 17.4 Å². The highest BCUT2D eigenvalue weighted by Gasteiger charge is 2.30. The molecule has 2 saturated heterocycles. The molecule has 8 nitrogen and oxygen atoms in total. The number of nitrogens with zero attached hydrogens (tertiary/aromatic N) is 3. The van der Waals surface area contributed by atoms with Crippen LogP contribution in [0.2, 0.25) is 0 Å². The van der Waals surface area contributed by atoms with E-state index >= 15 is 0 Å². The van der Waals surface area contributed by atoms with Crippen LogP contribution in [0.1, 0.15) is 19.3 Å². The lowest BCUT2D eigenvalue weighted by Crippen LogP contribution is -2.45. The third-order valence-electron chi connectivity index (χ3n) is 5.07. The van der Waals surface area contributed by atoms with Crippen molar-refractivity contribution in [3.8, 4) is 0 Å². The molecular formula is C17H25N5O3. The summed E-state index contributed by atoms with van der Waals surface area (Å²) in [5.74, 6) is 0. The first-order valence-corrected chi connectivity index (χ1v) is 8.76. The molecule has 2 amide bonds. The lowest BCUT2D eigenvalue weighted by atomic mass is 10.0. The van der Waals surface area contributed by atoms with Gasteiger partial charge in [-0.3, -0.25) is 15.0 Å². The molecule has 0 aliphatic carbocycles. The number of urea groups is 1. The normalized spacial score (nSPS) is 22.7. The van der Waals surface area contributed by atoms with E-state index in [-0.39, 0.29) is 17.8 Å². The van der Waals surface area contributed by atoms with E-state index in [2.05, 4.69) is 27.5 Å². The van der Waals surface area contributed by atoms with Crippen LogP contribution in [-0.2, 0) is 0 Å². The van der Waals surface area contributed by atoms with Gasteiger partial charge in [-0.15, -0.1) is 0 Å². The fourth-order valence-corrected chi connectivity index (χ4v) is 3.65. The number of benzene rings is 1. The number of piperidine rings is 1. The molecule has 0 spiro atoms. The Morgan fingerprint density at radius 1 is 1.24 bits per heavy atom. The number of hydrogen-bond acceptors (Lipinski definition) is 5. The Hall–Kier alpha value is -2.19. The molecule has 25 heavy (non-hydrogen) atoms. The number of amides is 2. The molecule has 1 unspecified atom stereocenters. The average molecular weight is 347 g/mol. The van der Waals surface area contributed by atoms with E-state index in [9.17, 15) is 14.9 Å². The minimum atomic E-state index is -0.473. The molecule has 136 valence electrons. The second-order valence-corrected chi connectivity index (χ2v) is 6.92. The number of nitro benzene ring substituents is 1. The summed E-state index contributed by atoms with van der Waals surface area (Å²) in [6.07, 6.45) is 3.31. The molecule has 2 fully saturated rings. The Balaban J connectivity index is 1.47. The highest BCUT2D eigenvalue weighted by atomic mass is 16.6. The smallest absolute Gasteiger partial charge is 0.319 e. The topological polar surface area (TPSA) is 90.8 Å². The lowest BCUT2D eigenvalue weighted by Gasteiger charge is -2.35. The van der Waals surface area contributed by atoms with Gasteiger partial charge in [0.2, 0.25) is 0 Å². The minimum Gasteiger partial charge on any atom is -0.334 e. The van der Waals surface area contributed by atoms with Crippen molar-refractivity contribution < 1.29 is 9.72 Å². The number of hydrogen-bond donors (Lipinski definition) is 2. The summed E-state index contributed by atoms with van der Waals surface area (Å²) in [6, 6.07) is 6.40. The zero-order valence-corrected chi connectivity index (χ0v) is 14.5. The lowest BCUT2D eigenvalue weighted by molar-refractivity contribution is -0.384. The molecule has 8 heteroatoms. The first kappa shape index (κ1) is 17.6. The van der Waals surface area contributed by atoms with Gasteiger partial charge < -0.3 is 15.5 Å². The predicted molar refractivity (Wildman–Crippen MR) is 95.7 cm³/mol. The molecule has 0 bridgehead atoms. The predicted octanol–water partition coefficient (Wildman–Crippen LogP) is 1.88. The fourth-order valence-electron chi connectivity index (χ4n) is 3.65. The molecule has 2 aliphatic rings. The largest absolute Gasteiger partial charge is 0.334 e. The Kier molecular flexibility index (Phi) is 5.50. The quantitative estimate of drug-likeness (QED) is 0.641. The van der Waals surface area contributed by atoms with Crippen molar-refractivity contribution in [2.24, 2.45) is 0 Å². The van der Waals surface area contributed by atoms with Gasteiger partial charge in [-0.25, -0.2) is 4.79 Å².